The number of benzene rings is 2. The number of carbonyl (C=O) groups is 1. The Kier molecular flexibility index (Phi) is 7.14. The number of hydrogen-bond acceptors (Lipinski definition) is 6. The topological polar surface area (TPSA) is 136 Å². The molecule has 14 heteroatoms. The van der Waals surface area contributed by atoms with Crippen LogP contribution in [0.15, 0.2) is 42.6 Å². The summed E-state index contributed by atoms with van der Waals surface area (Å²) in [5.74, 6) is -1.68. The van der Waals surface area contributed by atoms with Crippen LogP contribution in [0.2, 0.25) is 0 Å². The predicted octanol–water partition coefficient (Wildman–Crippen LogP) is 5.77. The molecule has 3 aromatic rings. The number of hydrogen-bond donors (Lipinski definition) is 3. The van der Waals surface area contributed by atoms with Crippen molar-refractivity contribution in [1.82, 2.24) is 9.97 Å². The second-order valence-corrected chi connectivity index (χ2v) is 9.37. The molecule has 0 radical (unpaired) electrons. The Morgan fingerprint density at radius 1 is 1.15 bits per heavy atom. The highest BCUT2D eigenvalue weighted by molar-refractivity contribution is 5.90. The quantitative estimate of drug-likeness (QED) is 0.342. The third-order valence-corrected chi connectivity index (χ3v) is 6.77. The Morgan fingerprint density at radius 3 is 2.40 bits per heavy atom. The molecule has 0 fully saturated rings. The van der Waals surface area contributed by atoms with E-state index in [2.05, 4.69) is 9.97 Å². The van der Waals surface area contributed by atoms with E-state index in [1.807, 2.05) is 0 Å². The number of carboxylic acid groups (broad SMARTS) is 1. The molecule has 0 saturated heterocycles. The molecule has 2 aromatic carbocycles. The zero-order chi connectivity index (χ0) is 29.6. The molecule has 1 aliphatic rings. The van der Waals surface area contributed by atoms with Crippen molar-refractivity contribution in [3.8, 4) is 11.8 Å². The van der Waals surface area contributed by atoms with E-state index >= 15 is 0 Å². The highest BCUT2D eigenvalue weighted by Crippen LogP contribution is 2.47. The molecule has 40 heavy (non-hydrogen) atoms. The van der Waals surface area contributed by atoms with Crippen LogP contribution in [0.5, 0.6) is 5.75 Å². The monoisotopic (exact) mass is 565 g/mol. The lowest BCUT2D eigenvalue weighted by Crippen LogP contribution is -2.61. The van der Waals surface area contributed by atoms with Crippen molar-refractivity contribution in [2.24, 2.45) is 5.73 Å². The van der Waals surface area contributed by atoms with Crippen molar-refractivity contribution in [2.45, 2.75) is 50.1 Å². The molecule has 1 aliphatic heterocycles. The van der Waals surface area contributed by atoms with E-state index in [9.17, 15) is 41.4 Å². The van der Waals surface area contributed by atoms with E-state index in [1.165, 1.54) is 6.07 Å². The normalized spacial score (nSPS) is 19.2. The number of alkyl halides is 6. The summed E-state index contributed by atoms with van der Waals surface area (Å²) in [6, 6.07) is 6.82. The van der Waals surface area contributed by atoms with E-state index in [-0.39, 0.29) is 53.2 Å². The molecular formula is C26H21F6N5O3. The van der Waals surface area contributed by atoms with E-state index in [4.69, 9.17) is 11.0 Å². The number of anilines is 1. The zero-order valence-corrected chi connectivity index (χ0v) is 20.7. The van der Waals surface area contributed by atoms with Crippen molar-refractivity contribution in [2.75, 3.05) is 4.90 Å². The van der Waals surface area contributed by atoms with Gasteiger partial charge in [0.1, 0.15) is 11.5 Å². The lowest BCUT2D eigenvalue weighted by molar-refractivity contribution is -0.138. The van der Waals surface area contributed by atoms with Gasteiger partial charge < -0.3 is 15.9 Å². The standard InChI is InChI=1S/C26H21F6N5O3/c1-2-24(34)10-18(17-9-15(25(27,28)29)3-4-20(17)37(24)23(39)40)22-35-12-21(38)19(36-22)8-13-5-14(11-33)7-16(6-13)26(30,31)32/h3-7,9,12,18,38H,2,8,10,34H2,1H3,(H,39,40)/t18-,24+/m0/s1. The van der Waals surface area contributed by atoms with Crippen molar-refractivity contribution in [3.63, 3.8) is 0 Å². The van der Waals surface area contributed by atoms with Crippen molar-refractivity contribution in [3.05, 3.63) is 81.9 Å². The summed E-state index contributed by atoms with van der Waals surface area (Å²) in [6.07, 6.45) is -10.5. The molecule has 2 heterocycles. The number of aromatic hydroxyl groups is 1. The van der Waals surface area contributed by atoms with Crippen molar-refractivity contribution < 1.29 is 41.4 Å². The molecular weight excluding hydrogens is 544 g/mol. The summed E-state index contributed by atoms with van der Waals surface area (Å²) in [6.45, 7) is 1.60. The summed E-state index contributed by atoms with van der Waals surface area (Å²) in [7, 11) is 0. The summed E-state index contributed by atoms with van der Waals surface area (Å²) in [4.78, 5) is 21.3. The van der Waals surface area contributed by atoms with Gasteiger partial charge in [0, 0.05) is 12.3 Å². The van der Waals surface area contributed by atoms with Crippen LogP contribution in [0.1, 0.15) is 65.0 Å². The van der Waals surface area contributed by atoms with Crippen LogP contribution in [-0.4, -0.2) is 31.9 Å². The number of amides is 1. The van der Waals surface area contributed by atoms with E-state index in [0.29, 0.717) is 6.07 Å². The number of nitrogens with zero attached hydrogens (tertiary/aromatic N) is 4. The molecule has 4 rings (SSSR count). The maximum absolute atomic E-state index is 13.6. The first-order valence-corrected chi connectivity index (χ1v) is 11.8. The Balaban J connectivity index is 1.85. The number of halogens is 6. The maximum atomic E-state index is 13.6. The van der Waals surface area contributed by atoms with Gasteiger partial charge in [-0.3, -0.25) is 4.90 Å². The van der Waals surface area contributed by atoms with Gasteiger partial charge in [-0.15, -0.1) is 0 Å². The smallest absolute Gasteiger partial charge is 0.416 e. The number of fused-ring (bicyclic) bond motifs is 1. The van der Waals surface area contributed by atoms with Crippen LogP contribution >= 0.6 is 0 Å². The third-order valence-electron chi connectivity index (χ3n) is 6.77. The average molecular weight is 565 g/mol. The Labute approximate surface area is 223 Å². The Hall–Kier alpha value is -4.38. The first kappa shape index (κ1) is 28.6. The van der Waals surface area contributed by atoms with Crippen LogP contribution in [0.4, 0.5) is 36.8 Å². The van der Waals surface area contributed by atoms with Crippen LogP contribution in [0.3, 0.4) is 0 Å². The summed E-state index contributed by atoms with van der Waals surface area (Å²) in [5.41, 5.74) is 2.13. The fourth-order valence-corrected chi connectivity index (χ4v) is 4.77. The first-order valence-electron chi connectivity index (χ1n) is 11.8. The molecule has 8 nitrogen and oxygen atoms in total. The molecule has 0 aliphatic carbocycles. The minimum Gasteiger partial charge on any atom is -0.504 e. The highest BCUT2D eigenvalue weighted by atomic mass is 19.4. The van der Waals surface area contributed by atoms with Gasteiger partial charge in [-0.1, -0.05) is 6.92 Å². The van der Waals surface area contributed by atoms with Crippen molar-refractivity contribution in [1.29, 1.82) is 5.26 Å². The molecule has 0 saturated carbocycles. The molecule has 0 unspecified atom stereocenters. The SMILES string of the molecule is CC[C@]1(N)C[C@H](c2ncc(O)c(Cc3cc(C#N)cc(C(F)(F)F)c3)n2)c2cc(C(F)(F)F)ccc2N1C(=O)O. The maximum Gasteiger partial charge on any atom is 0.416 e. The molecule has 2 atom stereocenters. The third kappa shape index (κ3) is 5.37. The van der Waals surface area contributed by atoms with Crippen molar-refractivity contribution >= 4 is 11.8 Å². The van der Waals surface area contributed by atoms with Crippen LogP contribution in [0.25, 0.3) is 0 Å². The number of nitriles is 1. The zero-order valence-electron chi connectivity index (χ0n) is 20.7. The van der Waals surface area contributed by atoms with Crippen LogP contribution in [0, 0.1) is 11.3 Å². The lowest BCUT2D eigenvalue weighted by Gasteiger charge is -2.46. The summed E-state index contributed by atoms with van der Waals surface area (Å²) < 4.78 is 80.7. The highest BCUT2D eigenvalue weighted by Gasteiger charge is 2.46. The summed E-state index contributed by atoms with van der Waals surface area (Å²) in [5, 5.41) is 29.4. The molecule has 210 valence electrons. The Morgan fingerprint density at radius 2 is 1.82 bits per heavy atom. The molecule has 1 aromatic heterocycles. The molecule has 0 spiro atoms. The van der Waals surface area contributed by atoms with E-state index in [0.717, 1.165) is 35.4 Å². The lowest BCUT2D eigenvalue weighted by atomic mass is 9.80. The second kappa shape index (κ2) is 9.98. The summed E-state index contributed by atoms with van der Waals surface area (Å²) >= 11 is 0. The van der Waals surface area contributed by atoms with Gasteiger partial charge in [0.15, 0.2) is 5.75 Å². The second-order valence-electron chi connectivity index (χ2n) is 9.37. The fourth-order valence-electron chi connectivity index (χ4n) is 4.77. The van der Waals surface area contributed by atoms with Gasteiger partial charge in [0.2, 0.25) is 0 Å². The first-order chi connectivity index (χ1) is 18.6. The van der Waals surface area contributed by atoms with Gasteiger partial charge in [0.25, 0.3) is 0 Å². The van der Waals surface area contributed by atoms with Gasteiger partial charge in [-0.25, -0.2) is 14.8 Å². The number of aromatic nitrogens is 2. The van der Waals surface area contributed by atoms with Gasteiger partial charge in [-0.05, 0) is 60.4 Å². The fraction of sp³-hybridized carbons (Fsp3) is 0.308. The largest absolute Gasteiger partial charge is 0.504 e. The minimum absolute atomic E-state index is 0.00601. The molecule has 0 bridgehead atoms. The van der Waals surface area contributed by atoms with E-state index < -0.39 is 46.9 Å². The van der Waals surface area contributed by atoms with Gasteiger partial charge >= 0.3 is 18.4 Å². The van der Waals surface area contributed by atoms with E-state index in [1.54, 1.807) is 13.0 Å². The van der Waals surface area contributed by atoms with Gasteiger partial charge in [0.05, 0.1) is 40.3 Å². The molecule has 1 amide bonds. The number of rotatable bonds is 4. The Bertz CT molecular complexity index is 1520. The number of nitrogens with two attached hydrogens (primary N) is 1. The minimum atomic E-state index is -4.75. The molecule has 4 N–H and O–H groups in total. The van der Waals surface area contributed by atoms with Gasteiger partial charge in [-0.2, -0.15) is 31.6 Å². The van der Waals surface area contributed by atoms with Crippen LogP contribution < -0.4 is 10.6 Å². The van der Waals surface area contributed by atoms with Crippen LogP contribution in [-0.2, 0) is 18.8 Å². The average Bonchev–Trinajstić information content (AvgIpc) is 2.87. The predicted molar refractivity (Wildman–Crippen MR) is 128 cm³/mol.